The number of methoxy groups -OCH3 is 2. The summed E-state index contributed by atoms with van der Waals surface area (Å²) in [6.45, 7) is 0. The van der Waals surface area contributed by atoms with Gasteiger partial charge in [0.25, 0.3) is 0 Å². The number of carboxylic acid groups (broad SMARTS) is 1. The Morgan fingerprint density at radius 3 is 2.17 bits per heavy atom. The van der Waals surface area contributed by atoms with Crippen LogP contribution in [0.25, 0.3) is 0 Å². The van der Waals surface area contributed by atoms with Crippen molar-refractivity contribution in [1.29, 1.82) is 0 Å². The van der Waals surface area contributed by atoms with E-state index in [1.807, 2.05) is 12.1 Å². The molecule has 1 aliphatic carbocycles. The molecule has 1 aromatic carbocycles. The van der Waals surface area contributed by atoms with Crippen molar-refractivity contribution in [3.63, 3.8) is 0 Å². The summed E-state index contributed by atoms with van der Waals surface area (Å²) in [5, 5.41) is 8.97. The molecule has 2 rings (SSSR count). The number of carboxylic acids is 1. The van der Waals surface area contributed by atoms with Crippen LogP contribution in [0.2, 0.25) is 0 Å². The van der Waals surface area contributed by atoms with E-state index in [0.717, 1.165) is 18.4 Å². The molecule has 0 aromatic heterocycles. The van der Waals surface area contributed by atoms with E-state index in [4.69, 9.17) is 20.3 Å². The fraction of sp³-hybridized carbons (Fsp3) is 0.462. The van der Waals surface area contributed by atoms with E-state index >= 15 is 0 Å². The second-order valence-corrected chi connectivity index (χ2v) is 4.65. The van der Waals surface area contributed by atoms with E-state index in [2.05, 4.69) is 0 Å². The van der Waals surface area contributed by atoms with Gasteiger partial charge < -0.3 is 20.3 Å². The van der Waals surface area contributed by atoms with E-state index in [1.165, 1.54) is 14.2 Å². The van der Waals surface area contributed by atoms with Crippen LogP contribution in [0.1, 0.15) is 24.8 Å². The van der Waals surface area contributed by atoms with Crippen molar-refractivity contribution >= 4 is 11.7 Å². The summed E-state index contributed by atoms with van der Waals surface area (Å²) in [6.07, 6.45) is 1.87. The zero-order valence-corrected chi connectivity index (χ0v) is 10.5. The Labute approximate surface area is 106 Å². The topological polar surface area (TPSA) is 81.8 Å². The minimum atomic E-state index is -0.790. The number of hydrogen-bond donors (Lipinski definition) is 2. The van der Waals surface area contributed by atoms with Gasteiger partial charge in [-0.25, -0.2) is 0 Å². The Hall–Kier alpha value is -1.91. The summed E-state index contributed by atoms with van der Waals surface area (Å²) in [5.41, 5.74) is 6.96. The molecule has 3 N–H and O–H groups in total. The number of nitrogens with two attached hydrogens (primary N) is 1. The number of benzene rings is 1. The lowest BCUT2D eigenvalue weighted by molar-refractivity contribution is -0.137. The van der Waals surface area contributed by atoms with Crippen LogP contribution >= 0.6 is 0 Å². The number of ether oxygens (including phenoxy) is 2. The molecule has 18 heavy (non-hydrogen) atoms. The molecule has 5 heteroatoms. The average molecular weight is 251 g/mol. The molecule has 0 bridgehead atoms. The maximum Gasteiger partial charge on any atom is 0.304 e. The molecule has 0 unspecified atom stereocenters. The van der Waals surface area contributed by atoms with Crippen LogP contribution in [0.3, 0.4) is 0 Å². The predicted molar refractivity (Wildman–Crippen MR) is 67.1 cm³/mol. The van der Waals surface area contributed by atoms with Gasteiger partial charge in [0.2, 0.25) is 0 Å². The van der Waals surface area contributed by atoms with Crippen molar-refractivity contribution < 1.29 is 19.4 Å². The summed E-state index contributed by atoms with van der Waals surface area (Å²) in [5.74, 6) is 0.268. The molecule has 1 aromatic rings. The van der Waals surface area contributed by atoms with Crippen LogP contribution in [-0.2, 0) is 10.2 Å². The summed E-state index contributed by atoms with van der Waals surface area (Å²) >= 11 is 0. The zero-order valence-electron chi connectivity index (χ0n) is 10.5. The minimum Gasteiger partial charge on any atom is -0.494 e. The van der Waals surface area contributed by atoms with Crippen LogP contribution in [0.5, 0.6) is 11.5 Å². The first kappa shape index (κ1) is 12.5. The van der Waals surface area contributed by atoms with Crippen LogP contribution in [0, 0.1) is 0 Å². The molecule has 1 aliphatic rings. The second-order valence-electron chi connectivity index (χ2n) is 4.65. The summed E-state index contributed by atoms with van der Waals surface area (Å²) in [4.78, 5) is 10.9. The number of rotatable bonds is 5. The van der Waals surface area contributed by atoms with Crippen LogP contribution in [0.4, 0.5) is 5.69 Å². The Morgan fingerprint density at radius 2 is 1.83 bits per heavy atom. The third-order valence-corrected chi connectivity index (χ3v) is 3.50. The number of hydrogen-bond acceptors (Lipinski definition) is 4. The maximum absolute atomic E-state index is 10.9. The molecule has 0 spiro atoms. The lowest BCUT2D eigenvalue weighted by atomic mass is 9.91. The number of anilines is 1. The Morgan fingerprint density at radius 1 is 1.33 bits per heavy atom. The fourth-order valence-electron chi connectivity index (χ4n) is 2.25. The standard InChI is InChI=1S/C13H17NO4/c1-17-9-5-8(6-10(18-2)12(9)14)13(3-4-13)7-11(15)16/h5-6H,3-4,7,14H2,1-2H3,(H,15,16). The van der Waals surface area contributed by atoms with Crippen LogP contribution < -0.4 is 15.2 Å². The van der Waals surface area contributed by atoms with Crippen molar-refractivity contribution in [2.24, 2.45) is 0 Å². The summed E-state index contributed by atoms with van der Waals surface area (Å²) in [7, 11) is 3.07. The van der Waals surface area contributed by atoms with Gasteiger partial charge >= 0.3 is 5.97 Å². The normalized spacial score (nSPS) is 16.1. The lowest BCUT2D eigenvalue weighted by Gasteiger charge is -2.17. The summed E-state index contributed by atoms with van der Waals surface area (Å²) in [6, 6.07) is 3.63. The number of aliphatic carboxylic acids is 1. The zero-order chi connectivity index (χ0) is 13.3. The highest BCUT2D eigenvalue weighted by atomic mass is 16.5. The van der Waals surface area contributed by atoms with Crippen molar-refractivity contribution in [3.05, 3.63) is 17.7 Å². The molecule has 5 nitrogen and oxygen atoms in total. The smallest absolute Gasteiger partial charge is 0.304 e. The van der Waals surface area contributed by atoms with E-state index in [0.29, 0.717) is 17.2 Å². The third-order valence-electron chi connectivity index (χ3n) is 3.50. The molecule has 0 radical (unpaired) electrons. The molecule has 0 amide bonds. The van der Waals surface area contributed by atoms with Gasteiger partial charge in [0, 0.05) is 5.41 Å². The molecule has 0 heterocycles. The van der Waals surface area contributed by atoms with E-state index in [9.17, 15) is 4.79 Å². The van der Waals surface area contributed by atoms with Crippen molar-refractivity contribution in [3.8, 4) is 11.5 Å². The second kappa shape index (κ2) is 4.40. The van der Waals surface area contributed by atoms with Gasteiger partial charge in [0.1, 0.15) is 17.2 Å². The van der Waals surface area contributed by atoms with E-state index in [1.54, 1.807) is 0 Å². The van der Waals surface area contributed by atoms with Crippen LogP contribution in [-0.4, -0.2) is 25.3 Å². The average Bonchev–Trinajstić information content (AvgIpc) is 3.09. The molecular formula is C13H17NO4. The molecule has 0 atom stereocenters. The quantitative estimate of drug-likeness (QED) is 0.780. The van der Waals surface area contributed by atoms with E-state index in [-0.39, 0.29) is 11.8 Å². The highest BCUT2D eigenvalue weighted by molar-refractivity contribution is 5.72. The third kappa shape index (κ3) is 2.08. The molecule has 1 saturated carbocycles. The fourth-order valence-corrected chi connectivity index (χ4v) is 2.25. The first-order valence-corrected chi connectivity index (χ1v) is 5.76. The molecular weight excluding hydrogens is 234 g/mol. The SMILES string of the molecule is COc1cc(C2(CC(=O)O)CC2)cc(OC)c1N. The van der Waals surface area contributed by atoms with Gasteiger partial charge in [0.05, 0.1) is 20.6 Å². The van der Waals surface area contributed by atoms with Gasteiger partial charge in [0.15, 0.2) is 0 Å². The minimum absolute atomic E-state index is 0.128. The van der Waals surface area contributed by atoms with Gasteiger partial charge in [-0.15, -0.1) is 0 Å². The molecule has 0 aliphatic heterocycles. The first-order valence-electron chi connectivity index (χ1n) is 5.76. The largest absolute Gasteiger partial charge is 0.494 e. The lowest BCUT2D eigenvalue weighted by Crippen LogP contribution is -2.13. The van der Waals surface area contributed by atoms with Gasteiger partial charge in [-0.1, -0.05) is 0 Å². The van der Waals surface area contributed by atoms with Crippen molar-refractivity contribution in [2.45, 2.75) is 24.7 Å². The monoisotopic (exact) mass is 251 g/mol. The van der Waals surface area contributed by atoms with E-state index < -0.39 is 5.97 Å². The highest BCUT2D eigenvalue weighted by Gasteiger charge is 2.46. The first-order chi connectivity index (χ1) is 8.52. The maximum atomic E-state index is 10.9. The Balaban J connectivity index is 2.42. The Bertz CT molecular complexity index is 455. The number of carbonyl (C=O) groups is 1. The highest BCUT2D eigenvalue weighted by Crippen LogP contribution is 2.53. The van der Waals surface area contributed by atoms with Crippen molar-refractivity contribution in [1.82, 2.24) is 0 Å². The van der Waals surface area contributed by atoms with Gasteiger partial charge in [-0.2, -0.15) is 0 Å². The van der Waals surface area contributed by atoms with Crippen molar-refractivity contribution in [2.75, 3.05) is 20.0 Å². The van der Waals surface area contributed by atoms with Crippen LogP contribution in [0.15, 0.2) is 12.1 Å². The van der Waals surface area contributed by atoms with Gasteiger partial charge in [-0.05, 0) is 30.5 Å². The molecule has 98 valence electrons. The number of nitrogen functional groups attached to an aromatic ring is 1. The molecule has 1 fully saturated rings. The predicted octanol–water partition coefficient (Wildman–Crippen LogP) is 1.79. The molecule has 0 saturated heterocycles. The Kier molecular flexibility index (Phi) is 3.07. The summed E-state index contributed by atoms with van der Waals surface area (Å²) < 4.78 is 10.4. The van der Waals surface area contributed by atoms with Gasteiger partial charge in [-0.3, -0.25) is 4.79 Å².